The smallest absolute Gasteiger partial charge is 0.241 e. The third kappa shape index (κ3) is 3.14. The van der Waals surface area contributed by atoms with Crippen LogP contribution in [0.5, 0.6) is 0 Å². The molecule has 3 rings (SSSR count). The fourth-order valence-electron chi connectivity index (χ4n) is 2.92. The summed E-state index contributed by atoms with van der Waals surface area (Å²) in [5.74, 6) is 1.92. The van der Waals surface area contributed by atoms with E-state index in [9.17, 15) is 0 Å². The van der Waals surface area contributed by atoms with Gasteiger partial charge in [-0.15, -0.1) is 0 Å². The third-order valence-corrected chi connectivity index (χ3v) is 4.24. The van der Waals surface area contributed by atoms with E-state index in [0.29, 0.717) is 30.2 Å². The van der Waals surface area contributed by atoms with E-state index >= 15 is 0 Å². The van der Waals surface area contributed by atoms with Crippen molar-refractivity contribution in [1.82, 2.24) is 15.0 Å². The van der Waals surface area contributed by atoms with E-state index in [0.717, 1.165) is 25.1 Å². The Labute approximate surface area is 125 Å². The molecule has 1 fully saturated rings. The molecule has 0 aliphatic carbocycles. The van der Waals surface area contributed by atoms with Crippen molar-refractivity contribution in [2.75, 3.05) is 13.1 Å². The van der Waals surface area contributed by atoms with Gasteiger partial charge in [0.15, 0.2) is 0 Å². The van der Waals surface area contributed by atoms with Crippen LogP contribution in [0.2, 0.25) is 0 Å². The summed E-state index contributed by atoms with van der Waals surface area (Å²) in [4.78, 5) is 6.87. The Morgan fingerprint density at radius 1 is 1.33 bits per heavy atom. The Hall–Kier alpha value is -1.72. The fraction of sp³-hybridized carbons (Fsp3) is 0.500. The number of rotatable bonds is 4. The van der Waals surface area contributed by atoms with Crippen molar-refractivity contribution >= 4 is 0 Å². The van der Waals surface area contributed by atoms with Gasteiger partial charge in [-0.25, -0.2) is 0 Å². The molecule has 5 nitrogen and oxygen atoms in total. The third-order valence-electron chi connectivity index (χ3n) is 4.24. The monoisotopic (exact) mass is 286 g/mol. The average molecular weight is 286 g/mol. The number of aromatic nitrogens is 2. The van der Waals surface area contributed by atoms with Crippen LogP contribution < -0.4 is 5.73 Å². The van der Waals surface area contributed by atoms with Crippen LogP contribution in [-0.2, 0) is 6.54 Å². The minimum atomic E-state index is 0.522. The Morgan fingerprint density at radius 2 is 2.10 bits per heavy atom. The van der Waals surface area contributed by atoms with E-state index in [1.165, 1.54) is 5.56 Å². The van der Waals surface area contributed by atoms with Gasteiger partial charge in [-0.05, 0) is 32.7 Å². The van der Waals surface area contributed by atoms with E-state index in [4.69, 9.17) is 10.3 Å². The lowest BCUT2D eigenvalue weighted by molar-refractivity contribution is 0.218. The molecule has 1 saturated heterocycles. The molecule has 5 heteroatoms. The van der Waals surface area contributed by atoms with Crippen LogP contribution in [-0.4, -0.2) is 34.2 Å². The van der Waals surface area contributed by atoms with Crippen molar-refractivity contribution < 1.29 is 4.52 Å². The van der Waals surface area contributed by atoms with Gasteiger partial charge in [0.25, 0.3) is 0 Å². The lowest BCUT2D eigenvalue weighted by atomic mass is 10.1. The molecule has 0 radical (unpaired) electrons. The Balaban J connectivity index is 1.69. The van der Waals surface area contributed by atoms with Crippen molar-refractivity contribution in [2.45, 2.75) is 32.9 Å². The van der Waals surface area contributed by atoms with Crippen molar-refractivity contribution in [3.05, 3.63) is 35.7 Å². The average Bonchev–Trinajstić information content (AvgIpc) is 3.08. The van der Waals surface area contributed by atoms with E-state index in [-0.39, 0.29) is 0 Å². The molecule has 2 N–H and O–H groups in total. The zero-order valence-corrected chi connectivity index (χ0v) is 12.6. The van der Waals surface area contributed by atoms with Gasteiger partial charge >= 0.3 is 0 Å². The van der Waals surface area contributed by atoms with Gasteiger partial charge in [0.1, 0.15) is 0 Å². The number of nitrogens with two attached hydrogens (primary N) is 1. The maximum Gasteiger partial charge on any atom is 0.241 e. The maximum atomic E-state index is 5.77. The highest BCUT2D eigenvalue weighted by molar-refractivity contribution is 5.54. The van der Waals surface area contributed by atoms with Gasteiger partial charge in [0.2, 0.25) is 11.7 Å². The van der Waals surface area contributed by atoms with Crippen LogP contribution >= 0.6 is 0 Å². The highest BCUT2D eigenvalue weighted by atomic mass is 16.5. The summed E-state index contributed by atoms with van der Waals surface area (Å²) >= 11 is 0. The summed E-state index contributed by atoms with van der Waals surface area (Å²) in [6, 6.07) is 8.67. The molecule has 0 bridgehead atoms. The number of likely N-dealkylation sites (tertiary alicyclic amines) is 1. The van der Waals surface area contributed by atoms with E-state index in [2.05, 4.69) is 41.0 Å². The summed E-state index contributed by atoms with van der Waals surface area (Å²) < 4.78 is 5.39. The summed E-state index contributed by atoms with van der Waals surface area (Å²) in [6.45, 7) is 6.76. The van der Waals surface area contributed by atoms with E-state index in [1.54, 1.807) is 0 Å². The van der Waals surface area contributed by atoms with E-state index < -0.39 is 0 Å². The summed E-state index contributed by atoms with van der Waals surface area (Å²) in [6.07, 6.45) is 1.15. The normalized spacial score (nSPS) is 22.8. The van der Waals surface area contributed by atoms with Crippen LogP contribution in [0.25, 0.3) is 11.4 Å². The second-order valence-corrected chi connectivity index (χ2v) is 5.99. The molecule has 1 aromatic carbocycles. The van der Waals surface area contributed by atoms with Gasteiger partial charge in [-0.1, -0.05) is 35.0 Å². The topological polar surface area (TPSA) is 68.2 Å². The molecule has 0 saturated carbocycles. The summed E-state index contributed by atoms with van der Waals surface area (Å²) in [5, 5.41) is 4.08. The molecule has 1 aliphatic rings. The zero-order valence-electron chi connectivity index (χ0n) is 12.6. The minimum Gasteiger partial charge on any atom is -0.338 e. The molecular formula is C16H22N4O. The van der Waals surface area contributed by atoms with Crippen molar-refractivity contribution in [1.29, 1.82) is 0 Å². The first-order valence-corrected chi connectivity index (χ1v) is 7.49. The number of hydrogen-bond donors (Lipinski definition) is 1. The molecule has 21 heavy (non-hydrogen) atoms. The standard InChI is InChI=1S/C16H22N4O/c1-11-3-5-14(6-4-11)16-18-15(21-19-16)10-20-9-13(8-17)7-12(20)2/h3-6,12-13H,7-10,17H2,1-2H3. The van der Waals surface area contributed by atoms with Crippen molar-refractivity contribution in [2.24, 2.45) is 11.7 Å². The number of benzene rings is 1. The first-order chi connectivity index (χ1) is 10.2. The van der Waals surface area contributed by atoms with Crippen LogP contribution in [0, 0.1) is 12.8 Å². The van der Waals surface area contributed by atoms with Crippen LogP contribution in [0.1, 0.15) is 24.8 Å². The minimum absolute atomic E-state index is 0.522. The summed E-state index contributed by atoms with van der Waals surface area (Å²) in [7, 11) is 0. The molecule has 112 valence electrons. The Bertz CT molecular complexity index is 593. The zero-order chi connectivity index (χ0) is 14.8. The molecule has 1 aliphatic heterocycles. The molecule has 0 spiro atoms. The second kappa shape index (κ2) is 5.95. The molecular weight excluding hydrogens is 264 g/mol. The highest BCUT2D eigenvalue weighted by Gasteiger charge is 2.29. The number of hydrogen-bond acceptors (Lipinski definition) is 5. The largest absolute Gasteiger partial charge is 0.338 e. The molecule has 2 aromatic rings. The molecule has 1 aromatic heterocycles. The van der Waals surface area contributed by atoms with Crippen LogP contribution in [0.15, 0.2) is 28.8 Å². The van der Waals surface area contributed by atoms with Crippen LogP contribution in [0.4, 0.5) is 0 Å². The molecule has 2 atom stereocenters. The van der Waals surface area contributed by atoms with Gasteiger partial charge in [0.05, 0.1) is 6.54 Å². The van der Waals surface area contributed by atoms with E-state index in [1.807, 2.05) is 12.1 Å². The molecule has 2 heterocycles. The lowest BCUT2D eigenvalue weighted by Crippen LogP contribution is -2.27. The molecule has 2 unspecified atom stereocenters. The Kier molecular flexibility index (Phi) is 4.03. The summed E-state index contributed by atoms with van der Waals surface area (Å²) in [5.41, 5.74) is 7.98. The van der Waals surface area contributed by atoms with Crippen molar-refractivity contribution in [3.63, 3.8) is 0 Å². The Morgan fingerprint density at radius 3 is 2.76 bits per heavy atom. The highest BCUT2D eigenvalue weighted by Crippen LogP contribution is 2.24. The predicted molar refractivity (Wildman–Crippen MR) is 81.5 cm³/mol. The van der Waals surface area contributed by atoms with Gasteiger partial charge in [0, 0.05) is 18.2 Å². The quantitative estimate of drug-likeness (QED) is 0.933. The first kappa shape index (κ1) is 14.2. The predicted octanol–water partition coefficient (Wildman–Crippen LogP) is 2.21. The van der Waals surface area contributed by atoms with Crippen molar-refractivity contribution in [3.8, 4) is 11.4 Å². The number of aryl methyl sites for hydroxylation is 1. The first-order valence-electron chi connectivity index (χ1n) is 7.49. The second-order valence-electron chi connectivity index (χ2n) is 5.99. The fourth-order valence-corrected chi connectivity index (χ4v) is 2.92. The number of nitrogens with zero attached hydrogens (tertiary/aromatic N) is 3. The van der Waals surface area contributed by atoms with Crippen LogP contribution in [0.3, 0.4) is 0 Å². The molecule has 0 amide bonds. The van der Waals surface area contributed by atoms with Gasteiger partial charge in [-0.2, -0.15) is 4.98 Å². The SMILES string of the molecule is Cc1ccc(-c2noc(CN3CC(CN)CC3C)n2)cc1. The maximum absolute atomic E-state index is 5.77. The van der Waals surface area contributed by atoms with Gasteiger partial charge in [-0.3, -0.25) is 4.90 Å². The van der Waals surface area contributed by atoms with Gasteiger partial charge < -0.3 is 10.3 Å². The lowest BCUT2D eigenvalue weighted by Gasteiger charge is -2.18.